The second-order valence-corrected chi connectivity index (χ2v) is 4.18. The lowest BCUT2D eigenvalue weighted by Gasteiger charge is -2.15. The number of halogens is 1. The molecule has 0 saturated carbocycles. The first-order valence-electron chi connectivity index (χ1n) is 5.49. The number of nitrogens with two attached hydrogens (primary N) is 1. The molecule has 1 unspecified atom stereocenters. The highest BCUT2D eigenvalue weighted by atomic mass is 35.5. The van der Waals surface area contributed by atoms with Crippen molar-refractivity contribution < 1.29 is 4.79 Å². The number of pyridine rings is 1. The summed E-state index contributed by atoms with van der Waals surface area (Å²) in [4.78, 5) is 15.6. The van der Waals surface area contributed by atoms with Crippen LogP contribution in [0.15, 0.2) is 12.3 Å². The number of aromatic nitrogens is 1. The van der Waals surface area contributed by atoms with Crippen molar-refractivity contribution >= 4 is 29.0 Å². The summed E-state index contributed by atoms with van der Waals surface area (Å²) in [6, 6.07) is 1.20. The minimum atomic E-state index is -0.391. The number of nitrogens with one attached hydrogen (secondary N) is 2. The zero-order valence-corrected chi connectivity index (χ0v) is 10.7. The van der Waals surface area contributed by atoms with Gasteiger partial charge in [-0.1, -0.05) is 18.5 Å². The van der Waals surface area contributed by atoms with Crippen molar-refractivity contribution in [3.05, 3.63) is 17.3 Å². The molecule has 1 aromatic rings. The normalized spacial score (nSPS) is 11.9. The van der Waals surface area contributed by atoms with E-state index < -0.39 is 6.04 Å². The molecule has 1 atom stereocenters. The molecule has 0 spiro atoms. The summed E-state index contributed by atoms with van der Waals surface area (Å²) in [6.07, 6.45) is 2.39. The summed E-state index contributed by atoms with van der Waals surface area (Å²) >= 11 is 5.74. The molecule has 1 aromatic heterocycles. The fourth-order valence-corrected chi connectivity index (χ4v) is 1.41. The lowest BCUT2D eigenvalue weighted by atomic mass is 10.3. The molecule has 0 fully saturated rings. The highest BCUT2D eigenvalue weighted by Gasteiger charge is 2.13. The van der Waals surface area contributed by atoms with Crippen LogP contribution in [0.2, 0.25) is 5.02 Å². The summed E-state index contributed by atoms with van der Waals surface area (Å²) in [6.45, 7) is 4.41. The Morgan fingerprint density at radius 1 is 1.65 bits per heavy atom. The van der Waals surface area contributed by atoms with Gasteiger partial charge in [-0.15, -0.1) is 0 Å². The molecule has 5 nitrogen and oxygen atoms in total. The van der Waals surface area contributed by atoms with E-state index in [0.717, 1.165) is 6.42 Å². The zero-order valence-electron chi connectivity index (χ0n) is 9.96. The fourth-order valence-electron chi connectivity index (χ4n) is 1.25. The van der Waals surface area contributed by atoms with Gasteiger partial charge in [0.15, 0.2) is 0 Å². The Morgan fingerprint density at radius 3 is 2.94 bits per heavy atom. The van der Waals surface area contributed by atoms with Crippen LogP contribution < -0.4 is 16.4 Å². The van der Waals surface area contributed by atoms with Gasteiger partial charge in [-0.2, -0.15) is 0 Å². The average Bonchev–Trinajstić information content (AvgIpc) is 2.29. The molecular formula is C11H17ClN4O. The van der Waals surface area contributed by atoms with Gasteiger partial charge in [0.05, 0.1) is 10.7 Å². The first-order chi connectivity index (χ1) is 8.04. The van der Waals surface area contributed by atoms with Gasteiger partial charge in [0.1, 0.15) is 11.9 Å². The van der Waals surface area contributed by atoms with Crippen molar-refractivity contribution in [2.75, 3.05) is 17.6 Å². The number of rotatable bonds is 5. The number of nitrogen functional groups attached to an aromatic ring is 1. The maximum atomic E-state index is 11.6. The predicted molar refractivity (Wildman–Crippen MR) is 70.0 cm³/mol. The molecule has 17 heavy (non-hydrogen) atoms. The van der Waals surface area contributed by atoms with E-state index in [0.29, 0.717) is 23.1 Å². The van der Waals surface area contributed by atoms with E-state index >= 15 is 0 Å². The zero-order chi connectivity index (χ0) is 12.8. The van der Waals surface area contributed by atoms with Gasteiger partial charge in [0.2, 0.25) is 5.91 Å². The van der Waals surface area contributed by atoms with E-state index in [1.165, 1.54) is 6.20 Å². The first-order valence-corrected chi connectivity index (χ1v) is 5.87. The van der Waals surface area contributed by atoms with Crippen LogP contribution in [0.1, 0.15) is 20.3 Å². The Balaban J connectivity index is 2.61. The quantitative estimate of drug-likeness (QED) is 0.748. The number of hydrogen-bond donors (Lipinski definition) is 3. The predicted octanol–water partition coefficient (Wildman–Crippen LogP) is 1.64. The van der Waals surface area contributed by atoms with Crippen LogP contribution in [0.4, 0.5) is 11.5 Å². The van der Waals surface area contributed by atoms with E-state index in [9.17, 15) is 4.79 Å². The fraction of sp³-hybridized carbons (Fsp3) is 0.455. The summed E-state index contributed by atoms with van der Waals surface area (Å²) in [5, 5.41) is 6.19. The Labute approximate surface area is 106 Å². The van der Waals surface area contributed by atoms with Crippen LogP contribution in [0.25, 0.3) is 0 Å². The van der Waals surface area contributed by atoms with Crippen LogP contribution in [0, 0.1) is 0 Å². The molecule has 1 rings (SSSR count). The monoisotopic (exact) mass is 256 g/mol. The third kappa shape index (κ3) is 4.11. The molecule has 4 N–H and O–H groups in total. The van der Waals surface area contributed by atoms with E-state index in [1.807, 2.05) is 6.92 Å². The summed E-state index contributed by atoms with van der Waals surface area (Å²) in [5.41, 5.74) is 6.15. The molecule has 0 aliphatic rings. The standard InChI is InChI=1S/C11H17ClN4O/c1-3-4-14-11(17)7(2)16-10-9(13)5-8(12)6-15-10/h5-7H,3-4,13H2,1-2H3,(H,14,17)(H,15,16). The SMILES string of the molecule is CCCNC(=O)C(C)Nc1ncc(Cl)cc1N. The van der Waals surface area contributed by atoms with Gasteiger partial charge in [-0.3, -0.25) is 4.79 Å². The van der Waals surface area contributed by atoms with Gasteiger partial charge in [0, 0.05) is 12.7 Å². The number of carbonyl (C=O) groups is 1. The molecule has 0 aromatic carbocycles. The van der Waals surface area contributed by atoms with E-state index in [-0.39, 0.29) is 5.91 Å². The molecule has 6 heteroatoms. The Kier molecular flexibility index (Phi) is 5.03. The number of nitrogens with zero attached hydrogens (tertiary/aromatic N) is 1. The van der Waals surface area contributed by atoms with Crippen LogP contribution in [0.3, 0.4) is 0 Å². The molecule has 0 aliphatic carbocycles. The minimum absolute atomic E-state index is 0.0806. The Bertz CT molecular complexity index is 397. The van der Waals surface area contributed by atoms with Crippen molar-refractivity contribution in [2.45, 2.75) is 26.3 Å². The molecule has 0 bridgehead atoms. The second-order valence-electron chi connectivity index (χ2n) is 3.75. The van der Waals surface area contributed by atoms with E-state index in [1.54, 1.807) is 13.0 Å². The van der Waals surface area contributed by atoms with Crippen molar-refractivity contribution in [3.8, 4) is 0 Å². The maximum absolute atomic E-state index is 11.6. The minimum Gasteiger partial charge on any atom is -0.396 e. The number of carbonyl (C=O) groups excluding carboxylic acids is 1. The summed E-state index contributed by atoms with van der Waals surface area (Å²) < 4.78 is 0. The van der Waals surface area contributed by atoms with Crippen LogP contribution in [0.5, 0.6) is 0 Å². The van der Waals surface area contributed by atoms with Crippen molar-refractivity contribution in [2.24, 2.45) is 0 Å². The van der Waals surface area contributed by atoms with Crippen molar-refractivity contribution in [1.82, 2.24) is 10.3 Å². The third-order valence-electron chi connectivity index (χ3n) is 2.18. The molecule has 0 saturated heterocycles. The third-order valence-corrected chi connectivity index (χ3v) is 2.39. The molecule has 0 aliphatic heterocycles. The molecular weight excluding hydrogens is 240 g/mol. The summed E-state index contributed by atoms with van der Waals surface area (Å²) in [5.74, 6) is 0.386. The lowest BCUT2D eigenvalue weighted by Crippen LogP contribution is -2.38. The van der Waals surface area contributed by atoms with Gasteiger partial charge < -0.3 is 16.4 Å². The molecule has 94 valence electrons. The Hall–Kier alpha value is -1.49. The van der Waals surface area contributed by atoms with Gasteiger partial charge in [-0.25, -0.2) is 4.98 Å². The van der Waals surface area contributed by atoms with Gasteiger partial charge in [-0.05, 0) is 19.4 Å². The van der Waals surface area contributed by atoms with Crippen molar-refractivity contribution in [1.29, 1.82) is 0 Å². The highest BCUT2D eigenvalue weighted by Crippen LogP contribution is 2.19. The number of amides is 1. The van der Waals surface area contributed by atoms with Crippen LogP contribution in [-0.4, -0.2) is 23.5 Å². The van der Waals surface area contributed by atoms with Crippen molar-refractivity contribution in [3.63, 3.8) is 0 Å². The highest BCUT2D eigenvalue weighted by molar-refractivity contribution is 6.30. The maximum Gasteiger partial charge on any atom is 0.242 e. The molecule has 1 amide bonds. The molecule has 0 radical (unpaired) electrons. The van der Waals surface area contributed by atoms with Gasteiger partial charge in [0.25, 0.3) is 0 Å². The lowest BCUT2D eigenvalue weighted by molar-refractivity contribution is -0.121. The average molecular weight is 257 g/mol. The number of hydrogen-bond acceptors (Lipinski definition) is 4. The largest absolute Gasteiger partial charge is 0.396 e. The smallest absolute Gasteiger partial charge is 0.242 e. The second kappa shape index (κ2) is 6.30. The number of anilines is 2. The molecule has 1 heterocycles. The van der Waals surface area contributed by atoms with Crippen LogP contribution >= 0.6 is 11.6 Å². The topological polar surface area (TPSA) is 80.0 Å². The van der Waals surface area contributed by atoms with E-state index in [4.69, 9.17) is 17.3 Å². The Morgan fingerprint density at radius 2 is 2.35 bits per heavy atom. The van der Waals surface area contributed by atoms with Crippen LogP contribution in [-0.2, 0) is 4.79 Å². The van der Waals surface area contributed by atoms with E-state index in [2.05, 4.69) is 15.6 Å². The van der Waals surface area contributed by atoms with Gasteiger partial charge >= 0.3 is 0 Å². The summed E-state index contributed by atoms with van der Waals surface area (Å²) in [7, 11) is 0. The first kappa shape index (κ1) is 13.6.